The number of rotatable bonds is 7. The average Bonchev–Trinajstić information content (AvgIpc) is 2.78. The number of carbonyl (C=O) groups is 2. The Morgan fingerprint density at radius 3 is 2.56 bits per heavy atom. The first kappa shape index (κ1) is 22.8. The summed E-state index contributed by atoms with van der Waals surface area (Å²) in [6.07, 6.45) is 2.14. The zero-order valence-corrected chi connectivity index (χ0v) is 17.8. The van der Waals surface area contributed by atoms with Crippen LogP contribution in [0.15, 0.2) is 42.5 Å². The van der Waals surface area contributed by atoms with E-state index in [9.17, 15) is 14.0 Å². The predicted octanol–water partition coefficient (Wildman–Crippen LogP) is 3.82. The molecule has 0 aliphatic carbocycles. The highest BCUT2D eigenvalue weighted by Crippen LogP contribution is 2.37. The van der Waals surface area contributed by atoms with Crippen molar-refractivity contribution >= 4 is 29.9 Å². The molecule has 2 aromatic rings. The summed E-state index contributed by atoms with van der Waals surface area (Å²) >= 11 is 0. The molecule has 2 aromatic carbocycles. The maximum atomic E-state index is 13.7. The number of nitriles is 1. The van der Waals surface area contributed by atoms with E-state index in [0.717, 1.165) is 18.5 Å². The highest BCUT2D eigenvalue weighted by molar-refractivity contribution is 6.05. The van der Waals surface area contributed by atoms with Gasteiger partial charge in [0.05, 0.1) is 17.5 Å². The summed E-state index contributed by atoms with van der Waals surface area (Å²) in [5, 5.41) is 27.5. The fourth-order valence-electron chi connectivity index (χ4n) is 4.10. The first-order chi connectivity index (χ1) is 15.3. The summed E-state index contributed by atoms with van der Waals surface area (Å²) in [5.74, 6) is -2.94. The van der Waals surface area contributed by atoms with Crippen LogP contribution in [0.25, 0.3) is 0 Å². The van der Waals surface area contributed by atoms with Gasteiger partial charge in [0.25, 0.3) is 5.91 Å². The lowest BCUT2D eigenvalue weighted by molar-refractivity contribution is -0.119. The lowest BCUT2D eigenvalue weighted by Crippen LogP contribution is -2.56. The summed E-state index contributed by atoms with van der Waals surface area (Å²) in [4.78, 5) is 28.4. The van der Waals surface area contributed by atoms with Gasteiger partial charge in [-0.3, -0.25) is 9.59 Å². The Bertz CT molecular complexity index is 1100. The molecule has 3 N–H and O–H groups in total. The lowest BCUT2D eigenvalue weighted by atomic mass is 9.76. The van der Waals surface area contributed by atoms with Crippen LogP contribution in [0.5, 0.6) is 0 Å². The molecule has 8 heteroatoms. The van der Waals surface area contributed by atoms with Crippen LogP contribution in [-0.2, 0) is 4.79 Å². The summed E-state index contributed by atoms with van der Waals surface area (Å²) in [7, 11) is 0. The number of halogens is 1. The maximum Gasteiger partial charge on any atom is 0.254 e. The molecule has 0 unspecified atom stereocenters. The number of hydrogen-bond donors (Lipinski definition) is 3. The number of fused-ring (bicyclic) bond motifs is 1. The Labute approximate surface area is 185 Å². The molecule has 1 aliphatic heterocycles. The van der Waals surface area contributed by atoms with Gasteiger partial charge in [-0.1, -0.05) is 32.0 Å². The van der Waals surface area contributed by atoms with Gasteiger partial charge in [-0.2, -0.15) is 5.26 Å². The molecule has 1 heterocycles. The van der Waals surface area contributed by atoms with Crippen LogP contribution in [0, 0.1) is 39.8 Å². The number of nitrogens with zero attached hydrogens (tertiary/aromatic N) is 2. The maximum absolute atomic E-state index is 13.7. The van der Waals surface area contributed by atoms with Crippen LogP contribution in [0.3, 0.4) is 0 Å². The predicted molar refractivity (Wildman–Crippen MR) is 120 cm³/mol. The molecule has 0 fully saturated rings. The van der Waals surface area contributed by atoms with Gasteiger partial charge in [-0.15, -0.1) is 0 Å². The molecular weight excluding hydrogens is 409 g/mol. The number of anilines is 1. The monoisotopic (exact) mass is 433 g/mol. The van der Waals surface area contributed by atoms with Crippen molar-refractivity contribution in [2.75, 3.05) is 11.9 Å². The number of amides is 2. The van der Waals surface area contributed by atoms with Crippen LogP contribution in [0.2, 0.25) is 0 Å². The Morgan fingerprint density at radius 2 is 1.94 bits per heavy atom. The summed E-state index contributed by atoms with van der Waals surface area (Å²) in [6, 6.07) is 11.5. The van der Waals surface area contributed by atoms with E-state index in [1.807, 2.05) is 13.8 Å². The van der Waals surface area contributed by atoms with Crippen LogP contribution < -0.4 is 5.32 Å². The minimum atomic E-state index is -0.869. The average molecular weight is 433 g/mol. The van der Waals surface area contributed by atoms with E-state index in [4.69, 9.17) is 16.1 Å². The topological polar surface area (TPSA) is 121 Å². The van der Waals surface area contributed by atoms with Gasteiger partial charge in [-0.05, 0) is 35.7 Å². The van der Waals surface area contributed by atoms with Crippen molar-refractivity contribution < 1.29 is 14.0 Å². The number of nitrogens with one attached hydrogen (secondary N) is 3. The second kappa shape index (κ2) is 9.52. The Balaban J connectivity index is 2.11. The third-order valence-corrected chi connectivity index (χ3v) is 5.47. The highest BCUT2D eigenvalue weighted by atomic mass is 19.1. The van der Waals surface area contributed by atoms with E-state index < -0.39 is 29.6 Å². The Kier molecular flexibility index (Phi) is 6.79. The molecular formula is C24H24FN5O2. The Hall–Kier alpha value is -3.86. The first-order valence-electron chi connectivity index (χ1n) is 10.2. The molecule has 0 saturated heterocycles. The van der Waals surface area contributed by atoms with Crippen LogP contribution in [0.4, 0.5) is 10.1 Å². The van der Waals surface area contributed by atoms with Crippen molar-refractivity contribution in [1.82, 2.24) is 4.90 Å². The molecule has 2 amide bonds. The molecule has 0 spiro atoms. The molecule has 0 aromatic heterocycles. The summed E-state index contributed by atoms with van der Waals surface area (Å²) in [6.45, 7) is 4.26. The van der Waals surface area contributed by atoms with Crippen molar-refractivity contribution in [3.8, 4) is 6.07 Å². The number of benzene rings is 2. The third-order valence-electron chi connectivity index (χ3n) is 5.47. The quantitative estimate of drug-likeness (QED) is 0.576. The molecule has 1 aliphatic rings. The van der Waals surface area contributed by atoms with Gasteiger partial charge in [0, 0.05) is 36.1 Å². The first-order valence-corrected chi connectivity index (χ1v) is 10.2. The zero-order valence-electron chi connectivity index (χ0n) is 17.8. The van der Waals surface area contributed by atoms with Gasteiger partial charge in [0.2, 0.25) is 5.91 Å². The lowest BCUT2D eigenvalue weighted by Gasteiger charge is -2.44. The second-order valence-electron chi connectivity index (χ2n) is 8.11. The molecule has 164 valence electrons. The van der Waals surface area contributed by atoms with E-state index in [1.54, 1.807) is 35.2 Å². The summed E-state index contributed by atoms with van der Waals surface area (Å²) < 4.78 is 13.7. The number of hydrogen-bond acceptors (Lipinski definition) is 5. The normalized spacial score (nSPS) is 18.5. The van der Waals surface area contributed by atoms with Crippen LogP contribution in [0.1, 0.15) is 41.3 Å². The molecule has 7 nitrogen and oxygen atoms in total. The highest BCUT2D eigenvalue weighted by Gasteiger charge is 2.46. The largest absolute Gasteiger partial charge is 0.333 e. The van der Waals surface area contributed by atoms with Crippen LogP contribution >= 0.6 is 0 Å². The van der Waals surface area contributed by atoms with Gasteiger partial charge >= 0.3 is 0 Å². The van der Waals surface area contributed by atoms with Gasteiger partial charge in [0.1, 0.15) is 11.9 Å². The molecule has 2 atom stereocenters. The third kappa shape index (κ3) is 4.28. The summed E-state index contributed by atoms with van der Waals surface area (Å²) in [5.41, 5.74) is 0.959. The molecule has 32 heavy (non-hydrogen) atoms. The smallest absolute Gasteiger partial charge is 0.254 e. The van der Waals surface area contributed by atoms with Crippen molar-refractivity contribution in [1.29, 1.82) is 16.1 Å². The second-order valence-corrected chi connectivity index (χ2v) is 8.11. The van der Waals surface area contributed by atoms with Crippen LogP contribution in [-0.4, -0.2) is 41.7 Å². The fourth-order valence-corrected chi connectivity index (χ4v) is 4.10. The molecule has 0 bridgehead atoms. The van der Waals surface area contributed by atoms with Crippen molar-refractivity contribution in [2.45, 2.75) is 25.8 Å². The van der Waals surface area contributed by atoms with E-state index in [0.29, 0.717) is 17.7 Å². The van der Waals surface area contributed by atoms with Crippen molar-refractivity contribution in [2.24, 2.45) is 11.8 Å². The standard InChI is InChI=1S/C24H24FN5O2/c1-14(2)13-30-22(16(11-27)12-28)21(18-5-3-4-6-19(18)24(30)32)23(31)29-17-7-8-20(25)15(9-17)10-26/h3-9,11-12,14,16,21-22,27-28H,13H2,1-2H3,(H,29,31)/t16?,21-,22+/m0/s1. The van der Waals surface area contributed by atoms with Crippen molar-refractivity contribution in [3.05, 3.63) is 65.0 Å². The Morgan fingerprint density at radius 1 is 1.25 bits per heavy atom. The molecule has 0 radical (unpaired) electrons. The molecule has 0 saturated carbocycles. The van der Waals surface area contributed by atoms with E-state index in [-0.39, 0.29) is 23.1 Å². The number of carbonyl (C=O) groups excluding carboxylic acids is 2. The fraction of sp³-hybridized carbons (Fsp3) is 0.292. The zero-order chi connectivity index (χ0) is 23.4. The van der Waals surface area contributed by atoms with Gasteiger partial charge < -0.3 is 21.0 Å². The van der Waals surface area contributed by atoms with E-state index >= 15 is 0 Å². The minimum absolute atomic E-state index is 0.0998. The molecule has 3 rings (SSSR count). The van der Waals surface area contributed by atoms with E-state index in [2.05, 4.69) is 5.32 Å². The SMILES string of the molecule is CC(C)CN1C(=O)c2ccccc2[C@H](C(=O)Nc2ccc(F)c(C#N)c2)[C@H]1C(C=N)C=N. The van der Waals surface area contributed by atoms with Crippen molar-refractivity contribution in [3.63, 3.8) is 0 Å². The van der Waals surface area contributed by atoms with Gasteiger partial charge in [-0.25, -0.2) is 4.39 Å². The van der Waals surface area contributed by atoms with E-state index in [1.165, 1.54) is 12.1 Å². The minimum Gasteiger partial charge on any atom is -0.333 e. The van der Waals surface area contributed by atoms with Gasteiger partial charge in [0.15, 0.2) is 0 Å².